The highest BCUT2D eigenvalue weighted by molar-refractivity contribution is 7.26. The molecule has 0 fully saturated rings. The highest BCUT2D eigenvalue weighted by Gasteiger charge is 2.19. The van der Waals surface area contributed by atoms with E-state index in [1.54, 1.807) is 0 Å². The fourth-order valence-electron chi connectivity index (χ4n) is 4.39. The van der Waals surface area contributed by atoms with Crippen molar-refractivity contribution in [3.8, 4) is 11.1 Å². The number of nitrogen functional groups attached to an aromatic ring is 1. The van der Waals surface area contributed by atoms with Gasteiger partial charge in [-0.3, -0.25) is 0 Å². The Morgan fingerprint density at radius 3 is 2.13 bits per heavy atom. The van der Waals surface area contributed by atoms with E-state index in [2.05, 4.69) is 94.4 Å². The van der Waals surface area contributed by atoms with Gasteiger partial charge in [0.1, 0.15) is 0 Å². The maximum atomic E-state index is 6.87. The average Bonchev–Trinajstić information content (AvgIpc) is 3.17. The van der Waals surface area contributed by atoms with E-state index in [0.29, 0.717) is 0 Å². The predicted octanol–water partition coefficient (Wildman–Crippen LogP) is 8.93. The normalized spacial score (nSPS) is 12.8. The van der Waals surface area contributed by atoms with Crippen molar-refractivity contribution in [3.63, 3.8) is 0 Å². The second-order valence-electron chi connectivity index (χ2n) is 7.60. The smallest absolute Gasteiger partial charge is 0.0485 e. The summed E-state index contributed by atoms with van der Waals surface area (Å²) in [6.07, 6.45) is 6.43. The molecule has 2 N–H and O–H groups in total. The molecule has 2 heteroatoms. The van der Waals surface area contributed by atoms with Gasteiger partial charge in [-0.15, -0.1) is 11.3 Å². The number of nitrogens with two attached hydrogens (primary N) is 1. The first kappa shape index (κ1) is 20.4. The molecule has 1 aromatic heterocycles. The fraction of sp³-hybridized carbons (Fsp3) is 0.214. The van der Waals surface area contributed by atoms with E-state index in [1.165, 1.54) is 53.6 Å². The lowest BCUT2D eigenvalue weighted by Crippen LogP contribution is -1.97. The van der Waals surface area contributed by atoms with Crippen molar-refractivity contribution in [2.75, 3.05) is 5.73 Å². The van der Waals surface area contributed by atoms with Crippen LogP contribution in [0.3, 0.4) is 0 Å². The summed E-state index contributed by atoms with van der Waals surface area (Å²) in [5, 5.41) is 2.47. The highest BCUT2D eigenvalue weighted by Crippen LogP contribution is 2.46. The van der Waals surface area contributed by atoms with Crippen molar-refractivity contribution >= 4 is 48.3 Å². The van der Waals surface area contributed by atoms with E-state index in [-0.39, 0.29) is 0 Å². The molecule has 0 bridgehead atoms. The van der Waals surface area contributed by atoms with Gasteiger partial charge in [0.2, 0.25) is 0 Å². The van der Waals surface area contributed by atoms with Crippen molar-refractivity contribution in [1.29, 1.82) is 0 Å². The Bertz CT molecular complexity index is 1270. The van der Waals surface area contributed by atoms with Gasteiger partial charge in [0.05, 0.1) is 0 Å². The molecule has 4 aromatic rings. The first-order valence-electron chi connectivity index (χ1n) is 10.8. The molecule has 0 amide bonds. The molecule has 0 unspecified atom stereocenters. The Morgan fingerprint density at radius 2 is 1.50 bits per heavy atom. The average molecular weight is 412 g/mol. The van der Waals surface area contributed by atoms with Gasteiger partial charge in [-0.05, 0) is 72.7 Å². The Morgan fingerprint density at radius 1 is 0.833 bits per heavy atom. The van der Waals surface area contributed by atoms with Crippen molar-refractivity contribution < 1.29 is 0 Å². The van der Waals surface area contributed by atoms with Crippen molar-refractivity contribution in [2.24, 2.45) is 0 Å². The third-order valence-electron chi connectivity index (χ3n) is 6.04. The molecule has 3 aromatic carbocycles. The molecule has 0 saturated carbocycles. The van der Waals surface area contributed by atoms with Crippen LogP contribution < -0.4 is 5.73 Å². The van der Waals surface area contributed by atoms with Gasteiger partial charge in [-0.2, -0.15) is 0 Å². The van der Waals surface area contributed by atoms with Crippen LogP contribution in [0.15, 0.2) is 66.7 Å². The van der Waals surface area contributed by atoms with Gasteiger partial charge in [0.15, 0.2) is 0 Å². The van der Waals surface area contributed by atoms with Gasteiger partial charge in [-0.25, -0.2) is 0 Å². The number of thiophene rings is 1. The molecule has 0 saturated heterocycles. The SMILES string of the molecule is C/C=C(/CC)c1cc(/C(=C\C)CC)c2sc3ccc(-c4ccccc4)cc3c2c1N. The molecule has 0 aliphatic carbocycles. The molecule has 0 aliphatic rings. The first-order valence-corrected chi connectivity index (χ1v) is 11.6. The van der Waals surface area contributed by atoms with Crippen molar-refractivity contribution in [2.45, 2.75) is 40.5 Å². The van der Waals surface area contributed by atoms with Crippen LogP contribution in [0.4, 0.5) is 5.69 Å². The Labute approximate surface area is 183 Å². The Hall–Kier alpha value is -2.84. The molecule has 152 valence electrons. The van der Waals surface area contributed by atoms with E-state index in [4.69, 9.17) is 5.73 Å². The molecule has 1 nitrogen and oxygen atoms in total. The number of hydrogen-bond acceptors (Lipinski definition) is 2. The van der Waals surface area contributed by atoms with E-state index in [9.17, 15) is 0 Å². The molecule has 0 spiro atoms. The summed E-state index contributed by atoms with van der Waals surface area (Å²) in [5.41, 5.74) is 15.4. The number of anilines is 1. The molecule has 30 heavy (non-hydrogen) atoms. The van der Waals surface area contributed by atoms with Crippen LogP contribution in [0, 0.1) is 0 Å². The quantitative estimate of drug-likeness (QED) is 0.326. The largest absolute Gasteiger partial charge is 0.398 e. The van der Waals surface area contributed by atoms with Gasteiger partial charge in [0.25, 0.3) is 0 Å². The van der Waals surface area contributed by atoms with Crippen molar-refractivity contribution in [3.05, 3.63) is 77.9 Å². The first-order chi connectivity index (χ1) is 14.6. The van der Waals surface area contributed by atoms with Crippen LogP contribution in [0.2, 0.25) is 0 Å². The summed E-state index contributed by atoms with van der Waals surface area (Å²) in [7, 11) is 0. The van der Waals surface area contributed by atoms with E-state index in [0.717, 1.165) is 18.5 Å². The van der Waals surface area contributed by atoms with Gasteiger partial charge < -0.3 is 5.73 Å². The lowest BCUT2D eigenvalue weighted by atomic mass is 9.91. The summed E-state index contributed by atoms with van der Waals surface area (Å²) >= 11 is 1.86. The second kappa shape index (κ2) is 8.49. The monoisotopic (exact) mass is 411 g/mol. The van der Waals surface area contributed by atoms with Crippen LogP contribution in [0.1, 0.15) is 51.7 Å². The minimum atomic E-state index is 0.909. The summed E-state index contributed by atoms with van der Waals surface area (Å²) in [4.78, 5) is 0. The third-order valence-corrected chi connectivity index (χ3v) is 7.24. The van der Waals surface area contributed by atoms with Crippen LogP contribution in [-0.4, -0.2) is 0 Å². The predicted molar refractivity (Wildman–Crippen MR) is 137 cm³/mol. The third kappa shape index (κ3) is 3.36. The minimum absolute atomic E-state index is 0.909. The number of allylic oxidation sites excluding steroid dienone is 4. The van der Waals surface area contributed by atoms with Crippen LogP contribution >= 0.6 is 11.3 Å². The van der Waals surface area contributed by atoms with Gasteiger partial charge in [0, 0.05) is 31.4 Å². The molecule has 0 aliphatic heterocycles. The molecular formula is C28H29NS. The van der Waals surface area contributed by atoms with Crippen molar-refractivity contribution in [1.82, 2.24) is 0 Å². The maximum absolute atomic E-state index is 6.87. The number of benzene rings is 3. The summed E-state index contributed by atoms with van der Waals surface area (Å²) in [6, 6.07) is 19.7. The van der Waals surface area contributed by atoms with E-state index < -0.39 is 0 Å². The summed E-state index contributed by atoms with van der Waals surface area (Å²) in [5.74, 6) is 0. The zero-order valence-corrected chi connectivity index (χ0v) is 19.1. The second-order valence-corrected chi connectivity index (χ2v) is 8.66. The van der Waals surface area contributed by atoms with Crippen LogP contribution in [0.5, 0.6) is 0 Å². The standard InChI is InChI=1S/C28H29NS/c1-5-18(6-2)22-17-23(19(7-3)8-4)28-26(27(22)29)24-16-21(14-15-25(24)30-28)20-12-10-9-11-13-20/h5,7,9-17H,6,8,29H2,1-4H3/b18-5-,19-7-. The minimum Gasteiger partial charge on any atom is -0.398 e. The van der Waals surface area contributed by atoms with Gasteiger partial charge in [-0.1, -0.05) is 62.4 Å². The highest BCUT2D eigenvalue weighted by atomic mass is 32.1. The molecular weight excluding hydrogens is 382 g/mol. The lowest BCUT2D eigenvalue weighted by molar-refractivity contribution is 1.22. The van der Waals surface area contributed by atoms with Gasteiger partial charge >= 0.3 is 0 Å². The molecule has 4 rings (SSSR count). The number of rotatable bonds is 5. The lowest BCUT2D eigenvalue weighted by Gasteiger charge is -2.15. The molecule has 0 radical (unpaired) electrons. The van der Waals surface area contributed by atoms with E-state index in [1.807, 2.05) is 11.3 Å². The zero-order valence-electron chi connectivity index (χ0n) is 18.3. The Kier molecular flexibility index (Phi) is 5.78. The number of hydrogen-bond donors (Lipinski definition) is 1. The van der Waals surface area contributed by atoms with Crippen LogP contribution in [-0.2, 0) is 0 Å². The topological polar surface area (TPSA) is 26.0 Å². The Balaban J connectivity index is 2.11. The van der Waals surface area contributed by atoms with Crippen LogP contribution in [0.25, 0.3) is 42.4 Å². The fourth-order valence-corrected chi connectivity index (χ4v) is 5.64. The maximum Gasteiger partial charge on any atom is 0.0485 e. The summed E-state index contributed by atoms with van der Waals surface area (Å²) < 4.78 is 2.60. The van der Waals surface area contributed by atoms with E-state index >= 15 is 0 Å². The number of fused-ring (bicyclic) bond motifs is 3. The molecule has 0 atom stereocenters. The molecule has 1 heterocycles. The zero-order chi connectivity index (χ0) is 21.3. The summed E-state index contributed by atoms with van der Waals surface area (Å²) in [6.45, 7) is 8.68.